The first-order chi connectivity index (χ1) is 16.4. The molecule has 0 amide bonds. The van der Waals surface area contributed by atoms with E-state index in [1.54, 1.807) is 6.08 Å². The highest BCUT2D eigenvalue weighted by Gasteiger charge is 2.35. The fourth-order valence-electron chi connectivity index (χ4n) is 5.50. The third kappa shape index (κ3) is 6.81. The molecule has 1 saturated heterocycles. The number of rotatable bonds is 9. The van der Waals surface area contributed by atoms with Gasteiger partial charge < -0.3 is 19.3 Å². The minimum Gasteiger partial charge on any atom is -0.503 e. The van der Waals surface area contributed by atoms with Crippen LogP contribution in [-0.4, -0.2) is 47.8 Å². The minimum atomic E-state index is -0.589. The van der Waals surface area contributed by atoms with E-state index in [4.69, 9.17) is 14.2 Å². The highest BCUT2D eigenvalue weighted by molar-refractivity contribution is 5.99. The summed E-state index contributed by atoms with van der Waals surface area (Å²) < 4.78 is 17.1. The number of hydrogen-bond donors (Lipinski definition) is 1. The molecule has 188 valence electrons. The lowest BCUT2D eigenvalue weighted by molar-refractivity contribution is -0.165. The minimum absolute atomic E-state index is 0.0665. The Balaban J connectivity index is 1.72. The fourth-order valence-corrected chi connectivity index (χ4v) is 5.50. The molecule has 34 heavy (non-hydrogen) atoms. The summed E-state index contributed by atoms with van der Waals surface area (Å²) in [6.07, 6.45) is 12.1. The van der Waals surface area contributed by atoms with Crippen LogP contribution in [0.1, 0.15) is 81.6 Å². The van der Waals surface area contributed by atoms with Gasteiger partial charge in [-0.15, -0.1) is 6.58 Å². The Morgan fingerprint density at radius 2 is 1.94 bits per heavy atom. The van der Waals surface area contributed by atoms with Crippen molar-refractivity contribution in [2.45, 2.75) is 83.3 Å². The summed E-state index contributed by atoms with van der Waals surface area (Å²) in [6.45, 7) is 6.08. The summed E-state index contributed by atoms with van der Waals surface area (Å²) in [5.41, 5.74) is -0.0823. The lowest BCUT2D eigenvalue weighted by Gasteiger charge is -2.34. The predicted molar refractivity (Wildman–Crippen MR) is 129 cm³/mol. The first-order valence-corrected chi connectivity index (χ1v) is 12.6. The maximum Gasteiger partial charge on any atom is 0.309 e. The molecule has 0 spiro atoms. The first-order valence-electron chi connectivity index (χ1n) is 12.6. The number of pyridine rings is 1. The van der Waals surface area contributed by atoms with E-state index < -0.39 is 23.8 Å². The van der Waals surface area contributed by atoms with Gasteiger partial charge in [0, 0.05) is 18.7 Å². The van der Waals surface area contributed by atoms with E-state index >= 15 is 0 Å². The zero-order valence-electron chi connectivity index (χ0n) is 20.5. The van der Waals surface area contributed by atoms with Gasteiger partial charge in [-0.25, -0.2) is 4.98 Å². The molecule has 7 heteroatoms. The highest BCUT2D eigenvalue weighted by Crippen LogP contribution is 2.37. The molecule has 0 radical (unpaired) electrons. The summed E-state index contributed by atoms with van der Waals surface area (Å²) in [6, 6.07) is 1.48. The number of hydrogen-bond acceptors (Lipinski definition) is 7. The summed E-state index contributed by atoms with van der Waals surface area (Å²) in [5.74, 6) is -0.450. The second-order valence-corrected chi connectivity index (χ2v) is 9.69. The SMILES string of the molecule is C=CCO[C@@H]1[C@@H](CC2CCCC2)CCCC[C@H](CC(=O)c2nccc(OC)c2O)C(=O)O[C@H]1C. The number of Topliss-reactive ketones (excluding diaryl/α,β-unsaturated/α-hetero) is 1. The number of esters is 1. The molecule has 1 N–H and O–H groups in total. The van der Waals surface area contributed by atoms with Crippen LogP contribution in [0, 0.1) is 17.8 Å². The van der Waals surface area contributed by atoms with Crippen molar-refractivity contribution >= 4 is 11.8 Å². The van der Waals surface area contributed by atoms with Gasteiger partial charge in [0.05, 0.1) is 25.7 Å². The van der Waals surface area contributed by atoms with Crippen molar-refractivity contribution in [1.29, 1.82) is 0 Å². The molecule has 1 aliphatic carbocycles. The van der Waals surface area contributed by atoms with Crippen LogP contribution in [-0.2, 0) is 14.3 Å². The second kappa shape index (κ2) is 12.9. The van der Waals surface area contributed by atoms with Crippen LogP contribution < -0.4 is 4.74 Å². The van der Waals surface area contributed by atoms with Gasteiger partial charge in [-0.1, -0.05) is 44.6 Å². The van der Waals surface area contributed by atoms with E-state index in [0.717, 1.165) is 31.6 Å². The van der Waals surface area contributed by atoms with Crippen molar-refractivity contribution in [3.05, 3.63) is 30.6 Å². The molecular formula is C27H39NO6. The zero-order chi connectivity index (χ0) is 24.5. The van der Waals surface area contributed by atoms with E-state index in [1.807, 2.05) is 6.92 Å². The molecule has 2 fully saturated rings. The Labute approximate surface area is 202 Å². The lowest BCUT2D eigenvalue weighted by Crippen LogP contribution is -2.40. The average Bonchev–Trinajstić information content (AvgIpc) is 3.33. The van der Waals surface area contributed by atoms with Gasteiger partial charge in [-0.05, 0) is 38.0 Å². The van der Waals surface area contributed by atoms with Crippen molar-refractivity contribution in [2.75, 3.05) is 13.7 Å². The number of aromatic hydroxyl groups is 1. The molecule has 0 aromatic carbocycles. The summed E-state index contributed by atoms with van der Waals surface area (Å²) in [7, 11) is 1.41. The van der Waals surface area contributed by atoms with Crippen LogP contribution in [0.5, 0.6) is 11.5 Å². The quantitative estimate of drug-likeness (QED) is 0.297. The summed E-state index contributed by atoms with van der Waals surface area (Å²) >= 11 is 0. The van der Waals surface area contributed by atoms with E-state index in [0.29, 0.717) is 18.9 Å². The molecule has 1 saturated carbocycles. The Hall–Kier alpha value is -2.41. The maximum absolute atomic E-state index is 13.1. The molecule has 4 atom stereocenters. The van der Waals surface area contributed by atoms with Crippen LogP contribution >= 0.6 is 0 Å². The summed E-state index contributed by atoms with van der Waals surface area (Å²) in [4.78, 5) is 30.1. The number of nitrogens with zero attached hydrogens (tertiary/aromatic N) is 1. The van der Waals surface area contributed by atoms with E-state index in [1.165, 1.54) is 45.1 Å². The molecule has 1 aromatic rings. The van der Waals surface area contributed by atoms with Gasteiger partial charge in [0.2, 0.25) is 0 Å². The zero-order valence-corrected chi connectivity index (χ0v) is 20.5. The third-order valence-electron chi connectivity index (χ3n) is 7.26. The number of aromatic nitrogens is 1. The number of cyclic esters (lactones) is 1. The van der Waals surface area contributed by atoms with Crippen LogP contribution in [0.15, 0.2) is 24.9 Å². The largest absolute Gasteiger partial charge is 0.503 e. The monoisotopic (exact) mass is 473 g/mol. The van der Waals surface area contributed by atoms with Crippen molar-refractivity contribution in [2.24, 2.45) is 17.8 Å². The second-order valence-electron chi connectivity index (χ2n) is 9.69. The molecule has 0 bridgehead atoms. The molecule has 7 nitrogen and oxygen atoms in total. The number of carbonyl (C=O) groups excluding carboxylic acids is 2. The molecule has 3 rings (SSSR count). The molecule has 2 aliphatic rings. The average molecular weight is 474 g/mol. The Morgan fingerprint density at radius 1 is 1.24 bits per heavy atom. The third-order valence-corrected chi connectivity index (χ3v) is 7.26. The van der Waals surface area contributed by atoms with E-state index in [9.17, 15) is 14.7 Å². The van der Waals surface area contributed by atoms with Gasteiger partial charge in [-0.2, -0.15) is 0 Å². The topological polar surface area (TPSA) is 95.0 Å². The van der Waals surface area contributed by atoms with Crippen molar-refractivity contribution < 1.29 is 28.9 Å². The van der Waals surface area contributed by atoms with Crippen molar-refractivity contribution in [1.82, 2.24) is 4.98 Å². The van der Waals surface area contributed by atoms with Crippen LogP contribution in [0.2, 0.25) is 0 Å². The highest BCUT2D eigenvalue weighted by atomic mass is 16.6. The van der Waals surface area contributed by atoms with Gasteiger partial charge in [0.15, 0.2) is 23.0 Å². The first kappa shape index (κ1) is 26.2. The Kier molecular flexibility index (Phi) is 9.93. The molecule has 1 aliphatic heterocycles. The Bertz CT molecular complexity index is 834. The lowest BCUT2D eigenvalue weighted by atomic mass is 9.82. The van der Waals surface area contributed by atoms with Crippen molar-refractivity contribution in [3.63, 3.8) is 0 Å². The molecule has 0 unspecified atom stereocenters. The molecule has 1 aromatic heterocycles. The number of ether oxygens (including phenoxy) is 3. The standard InChI is InChI=1S/C27H39NO6/c1-4-15-33-26-18(2)34-27(31)21(12-8-7-11-20(26)16-19-9-5-6-10-19)17-22(29)24-25(30)23(32-3)13-14-28-24/h4,13-14,18-21,26,30H,1,5-12,15-17H2,2-3H3/t18-,20+,21+,26-/m0/s1. The van der Waals surface area contributed by atoms with Gasteiger partial charge in [0.1, 0.15) is 6.10 Å². The van der Waals surface area contributed by atoms with Gasteiger partial charge >= 0.3 is 5.97 Å². The van der Waals surface area contributed by atoms with E-state index in [2.05, 4.69) is 11.6 Å². The Morgan fingerprint density at radius 3 is 2.65 bits per heavy atom. The van der Waals surface area contributed by atoms with Gasteiger partial charge in [-0.3, -0.25) is 9.59 Å². The smallest absolute Gasteiger partial charge is 0.309 e. The van der Waals surface area contributed by atoms with Crippen molar-refractivity contribution in [3.8, 4) is 11.5 Å². The normalized spacial score (nSPS) is 26.6. The molecule has 2 heterocycles. The predicted octanol–water partition coefficient (Wildman–Crippen LogP) is 5.26. The van der Waals surface area contributed by atoms with Crippen LogP contribution in [0.25, 0.3) is 0 Å². The van der Waals surface area contributed by atoms with Gasteiger partial charge in [0.25, 0.3) is 0 Å². The van der Waals surface area contributed by atoms with Crippen LogP contribution in [0.4, 0.5) is 0 Å². The number of methoxy groups -OCH3 is 1. The molecular weight excluding hydrogens is 434 g/mol. The fraction of sp³-hybridized carbons (Fsp3) is 0.667. The maximum atomic E-state index is 13.1. The summed E-state index contributed by atoms with van der Waals surface area (Å²) in [5, 5.41) is 10.3. The van der Waals surface area contributed by atoms with Crippen LogP contribution in [0.3, 0.4) is 0 Å². The number of ketones is 1. The number of carbonyl (C=O) groups is 2. The van der Waals surface area contributed by atoms with E-state index in [-0.39, 0.29) is 29.7 Å².